The number of methoxy groups -OCH3 is 2. The molecule has 48 heavy (non-hydrogen) atoms. The van der Waals surface area contributed by atoms with Crippen molar-refractivity contribution in [3.8, 4) is 11.5 Å². The number of hydrogen-bond donors (Lipinski definition) is 1. The minimum absolute atomic E-state index is 0.0188. The van der Waals surface area contributed by atoms with Crippen LogP contribution in [0.15, 0.2) is 102 Å². The van der Waals surface area contributed by atoms with Gasteiger partial charge in [-0.2, -0.15) is 0 Å². The lowest BCUT2D eigenvalue weighted by Crippen LogP contribution is -2.56. The standard InChI is InChI=1S/C37H42ClN3O6S/c1-26-16-19-30(20-17-26)48(44,45)41(32-23-29(46-5)18-21-34(32)47-6)25-35(42)40(24-28-14-10-11-15-31(28)38)33(36(43)39-37(2,3)4)22-27-12-8-7-9-13-27/h7-21,23,33H,22,24-25H2,1-6H3,(H,39,43)/t33-/m1/s1. The number of aryl methyl sites for hydroxylation is 1. The number of nitrogens with zero attached hydrogens (tertiary/aromatic N) is 2. The molecule has 0 bridgehead atoms. The predicted octanol–water partition coefficient (Wildman–Crippen LogP) is 6.42. The van der Waals surface area contributed by atoms with Crippen molar-refractivity contribution in [1.82, 2.24) is 10.2 Å². The minimum Gasteiger partial charge on any atom is -0.497 e. The molecule has 1 N–H and O–H groups in total. The molecule has 0 aliphatic heterocycles. The summed E-state index contributed by atoms with van der Waals surface area (Å²) < 4.78 is 40.9. The number of benzene rings is 4. The first-order chi connectivity index (χ1) is 22.7. The largest absolute Gasteiger partial charge is 0.497 e. The van der Waals surface area contributed by atoms with E-state index in [1.165, 1.54) is 37.3 Å². The minimum atomic E-state index is -4.35. The first-order valence-corrected chi connectivity index (χ1v) is 17.3. The Hall–Kier alpha value is -4.54. The fourth-order valence-electron chi connectivity index (χ4n) is 5.16. The lowest BCUT2D eigenvalue weighted by Gasteiger charge is -2.35. The van der Waals surface area contributed by atoms with Crippen molar-refractivity contribution in [2.75, 3.05) is 25.1 Å². The maximum Gasteiger partial charge on any atom is 0.264 e. The number of carbonyl (C=O) groups excluding carboxylic acids is 2. The van der Waals surface area contributed by atoms with Crippen molar-refractivity contribution in [2.45, 2.75) is 57.1 Å². The van der Waals surface area contributed by atoms with Gasteiger partial charge in [0.1, 0.15) is 24.1 Å². The highest BCUT2D eigenvalue weighted by molar-refractivity contribution is 7.92. The van der Waals surface area contributed by atoms with Crippen molar-refractivity contribution in [1.29, 1.82) is 0 Å². The Morgan fingerprint density at radius 1 is 0.875 bits per heavy atom. The lowest BCUT2D eigenvalue weighted by molar-refractivity contribution is -0.140. The first-order valence-electron chi connectivity index (χ1n) is 15.4. The summed E-state index contributed by atoms with van der Waals surface area (Å²) in [6.45, 7) is 6.71. The highest BCUT2D eigenvalue weighted by Crippen LogP contribution is 2.36. The molecular formula is C37H42ClN3O6S. The molecule has 0 fully saturated rings. The second kappa shape index (κ2) is 15.6. The molecule has 1 atom stereocenters. The molecule has 0 spiro atoms. The quantitative estimate of drug-likeness (QED) is 0.174. The zero-order chi connectivity index (χ0) is 35.1. The number of carbonyl (C=O) groups is 2. The molecule has 4 aromatic carbocycles. The fraction of sp³-hybridized carbons (Fsp3) is 0.297. The molecule has 4 aromatic rings. The van der Waals surface area contributed by atoms with Crippen LogP contribution in [0.5, 0.6) is 11.5 Å². The molecular weight excluding hydrogens is 650 g/mol. The average Bonchev–Trinajstić information content (AvgIpc) is 3.05. The molecule has 254 valence electrons. The number of anilines is 1. The van der Waals surface area contributed by atoms with Crippen LogP contribution in [0, 0.1) is 6.92 Å². The third kappa shape index (κ3) is 9.08. The van der Waals surface area contributed by atoms with Gasteiger partial charge in [-0.3, -0.25) is 13.9 Å². The Morgan fingerprint density at radius 3 is 2.12 bits per heavy atom. The Kier molecular flexibility index (Phi) is 11.8. The van der Waals surface area contributed by atoms with Crippen LogP contribution in [0.4, 0.5) is 5.69 Å². The molecule has 9 nitrogen and oxygen atoms in total. The highest BCUT2D eigenvalue weighted by Gasteiger charge is 2.36. The van der Waals surface area contributed by atoms with Gasteiger partial charge in [0.2, 0.25) is 11.8 Å². The van der Waals surface area contributed by atoms with Crippen LogP contribution in [0.25, 0.3) is 0 Å². The molecule has 11 heteroatoms. The van der Waals surface area contributed by atoms with Gasteiger partial charge in [0, 0.05) is 29.6 Å². The summed E-state index contributed by atoms with van der Waals surface area (Å²) >= 11 is 6.59. The summed E-state index contributed by atoms with van der Waals surface area (Å²) in [5, 5.41) is 3.43. The highest BCUT2D eigenvalue weighted by atomic mass is 35.5. The third-order valence-electron chi connectivity index (χ3n) is 7.61. The second-order valence-corrected chi connectivity index (χ2v) is 14.7. The van der Waals surface area contributed by atoms with E-state index in [2.05, 4.69) is 5.32 Å². The number of nitrogens with one attached hydrogen (secondary N) is 1. The summed E-state index contributed by atoms with van der Waals surface area (Å²) in [7, 11) is -1.47. The molecule has 0 aliphatic rings. The zero-order valence-electron chi connectivity index (χ0n) is 28.1. The first kappa shape index (κ1) is 36.3. The van der Waals surface area contributed by atoms with Crippen molar-refractivity contribution < 1.29 is 27.5 Å². The Bertz CT molecular complexity index is 1830. The number of amides is 2. The lowest BCUT2D eigenvalue weighted by atomic mass is 10.0. The summed E-state index contributed by atoms with van der Waals surface area (Å²) in [4.78, 5) is 30.2. The SMILES string of the molecule is COc1ccc(OC)c(N(CC(=O)N(Cc2ccccc2Cl)[C@H](Cc2ccccc2)C(=O)NC(C)(C)C)S(=O)(=O)c2ccc(C)cc2)c1. The molecule has 0 heterocycles. The van der Waals surface area contributed by atoms with Gasteiger partial charge in [0.15, 0.2) is 0 Å². The zero-order valence-corrected chi connectivity index (χ0v) is 29.6. The van der Waals surface area contributed by atoms with Crippen molar-refractivity contribution in [2.24, 2.45) is 0 Å². The van der Waals surface area contributed by atoms with Crippen molar-refractivity contribution in [3.05, 3.63) is 119 Å². The monoisotopic (exact) mass is 691 g/mol. The van der Waals surface area contributed by atoms with E-state index < -0.39 is 40.0 Å². The molecule has 0 saturated heterocycles. The van der Waals surface area contributed by atoms with Gasteiger partial charge in [0.25, 0.3) is 10.0 Å². The molecule has 0 aromatic heterocycles. The maximum atomic E-state index is 14.8. The van der Waals surface area contributed by atoms with Crippen LogP contribution >= 0.6 is 11.6 Å². The van der Waals surface area contributed by atoms with Crippen LogP contribution in [0.1, 0.15) is 37.5 Å². The van der Waals surface area contributed by atoms with Crippen molar-refractivity contribution >= 4 is 39.1 Å². The number of hydrogen-bond acceptors (Lipinski definition) is 6. The van der Waals surface area contributed by atoms with E-state index in [0.29, 0.717) is 16.3 Å². The summed E-state index contributed by atoms with van der Waals surface area (Å²) in [6.07, 6.45) is 0.173. The number of ether oxygens (including phenoxy) is 2. The average molecular weight is 692 g/mol. The fourth-order valence-corrected chi connectivity index (χ4v) is 6.77. The van der Waals surface area contributed by atoms with Gasteiger partial charge in [-0.15, -0.1) is 0 Å². The van der Waals surface area contributed by atoms with E-state index >= 15 is 0 Å². The molecule has 4 rings (SSSR count). The molecule has 2 amide bonds. The van der Waals surface area contributed by atoms with Gasteiger partial charge >= 0.3 is 0 Å². The molecule has 0 radical (unpaired) electrons. The van der Waals surface area contributed by atoms with E-state index in [1.54, 1.807) is 48.5 Å². The van der Waals surface area contributed by atoms with E-state index in [1.807, 2.05) is 58.0 Å². The van der Waals surface area contributed by atoms with E-state index in [4.69, 9.17) is 21.1 Å². The van der Waals surface area contributed by atoms with Gasteiger partial charge in [0.05, 0.1) is 24.8 Å². The Balaban J connectivity index is 1.89. The molecule has 0 aliphatic carbocycles. The smallest absolute Gasteiger partial charge is 0.264 e. The van der Waals surface area contributed by atoms with E-state index in [0.717, 1.165) is 15.4 Å². The number of sulfonamides is 1. The third-order valence-corrected chi connectivity index (χ3v) is 9.75. The predicted molar refractivity (Wildman–Crippen MR) is 189 cm³/mol. The van der Waals surface area contributed by atoms with Crippen molar-refractivity contribution in [3.63, 3.8) is 0 Å². The van der Waals surface area contributed by atoms with E-state index in [-0.39, 0.29) is 29.3 Å². The topological polar surface area (TPSA) is 105 Å². The van der Waals surface area contributed by atoms with E-state index in [9.17, 15) is 18.0 Å². The second-order valence-electron chi connectivity index (χ2n) is 12.4. The van der Waals surface area contributed by atoms with Crippen LogP contribution in [0.2, 0.25) is 5.02 Å². The normalized spacial score (nSPS) is 12.1. The van der Waals surface area contributed by atoms with Crippen LogP contribution < -0.4 is 19.1 Å². The van der Waals surface area contributed by atoms with Gasteiger partial charge < -0.3 is 19.7 Å². The van der Waals surface area contributed by atoms with Crippen LogP contribution in [-0.4, -0.2) is 57.5 Å². The molecule has 0 unspecified atom stereocenters. The Labute approximate surface area is 288 Å². The van der Waals surface area contributed by atoms with Gasteiger partial charge in [-0.1, -0.05) is 77.8 Å². The molecule has 0 saturated carbocycles. The van der Waals surface area contributed by atoms with Crippen LogP contribution in [-0.2, 0) is 32.6 Å². The summed E-state index contributed by atoms with van der Waals surface area (Å²) in [5.41, 5.74) is 1.78. The van der Waals surface area contributed by atoms with Gasteiger partial charge in [-0.05, 0) is 69.2 Å². The summed E-state index contributed by atoms with van der Waals surface area (Å²) in [5.74, 6) is -0.441. The maximum absolute atomic E-state index is 14.8. The number of rotatable bonds is 13. The Morgan fingerprint density at radius 2 is 1.52 bits per heavy atom. The summed E-state index contributed by atoms with van der Waals surface area (Å²) in [6, 6.07) is 26.4. The number of halogens is 1. The van der Waals surface area contributed by atoms with Gasteiger partial charge in [-0.25, -0.2) is 8.42 Å². The van der Waals surface area contributed by atoms with Crippen LogP contribution in [0.3, 0.4) is 0 Å².